The van der Waals surface area contributed by atoms with E-state index in [-0.39, 0.29) is 29.6 Å². The zero-order valence-corrected chi connectivity index (χ0v) is 17.3. The number of carbonyl (C=O) groups is 2. The Morgan fingerprint density at radius 1 is 1.33 bits per heavy atom. The number of amides is 1. The molecule has 0 aromatic rings. The highest BCUT2D eigenvalue weighted by Gasteiger charge is 2.53. The number of fused-ring (bicyclic) bond motifs is 1. The summed E-state index contributed by atoms with van der Waals surface area (Å²) in [5.74, 6) is 0.860. The molecule has 2 saturated carbocycles. The van der Waals surface area contributed by atoms with E-state index in [1.54, 1.807) is 0 Å². The number of ether oxygens (including phenoxy) is 1. The SMILES string of the molecule is CC(=O)O[C@@H]1[CH][C@@]2(O)[C@H](C)CC[C@@H](C(C)CN(C)C(=O)C3CC3)[C@H]2C=C1C. The van der Waals surface area contributed by atoms with Crippen LogP contribution in [0.5, 0.6) is 0 Å². The molecule has 0 heterocycles. The smallest absolute Gasteiger partial charge is 0.303 e. The molecule has 0 spiro atoms. The number of carbonyl (C=O) groups excluding carboxylic acids is 2. The van der Waals surface area contributed by atoms with Crippen molar-refractivity contribution in [3.8, 4) is 0 Å². The second-order valence-electron chi connectivity index (χ2n) is 9.13. The minimum atomic E-state index is -0.976. The molecule has 1 radical (unpaired) electrons. The standard InChI is InChI=1S/C22H34NO4/c1-13-10-19-18(14(2)12-23(5)21(25)17-7-8-17)9-6-15(3)22(19,26)11-20(13)27-16(4)24/h10-11,14-15,17-20,26H,6-9,12H2,1-5H3/t14?,15-,18+,19-,20-,22-/m1/s1. The minimum Gasteiger partial charge on any atom is -0.458 e. The molecule has 6 atom stereocenters. The molecule has 0 aliphatic heterocycles. The van der Waals surface area contributed by atoms with Gasteiger partial charge in [-0.25, -0.2) is 0 Å². The van der Waals surface area contributed by atoms with E-state index < -0.39 is 11.7 Å². The number of hydrogen-bond donors (Lipinski definition) is 1. The molecule has 27 heavy (non-hydrogen) atoms. The lowest BCUT2D eigenvalue weighted by Crippen LogP contribution is -2.56. The molecule has 3 rings (SSSR count). The maximum absolute atomic E-state index is 12.3. The van der Waals surface area contributed by atoms with Crippen molar-refractivity contribution in [1.29, 1.82) is 0 Å². The van der Waals surface area contributed by atoms with Gasteiger partial charge in [-0.15, -0.1) is 0 Å². The highest BCUT2D eigenvalue weighted by atomic mass is 16.5. The maximum atomic E-state index is 12.3. The van der Waals surface area contributed by atoms with Crippen molar-refractivity contribution in [2.45, 2.75) is 65.1 Å². The summed E-state index contributed by atoms with van der Waals surface area (Å²) in [5, 5.41) is 11.5. The van der Waals surface area contributed by atoms with Crippen LogP contribution in [0, 0.1) is 36.0 Å². The number of hydrogen-bond acceptors (Lipinski definition) is 4. The zero-order chi connectivity index (χ0) is 19.9. The largest absolute Gasteiger partial charge is 0.458 e. The Kier molecular flexibility index (Phi) is 5.72. The van der Waals surface area contributed by atoms with Gasteiger partial charge in [0.05, 0.1) is 5.60 Å². The van der Waals surface area contributed by atoms with Crippen LogP contribution in [0.25, 0.3) is 0 Å². The van der Waals surface area contributed by atoms with Crippen LogP contribution in [0.4, 0.5) is 0 Å². The van der Waals surface area contributed by atoms with Crippen molar-refractivity contribution in [1.82, 2.24) is 4.90 Å². The van der Waals surface area contributed by atoms with Crippen LogP contribution >= 0.6 is 0 Å². The van der Waals surface area contributed by atoms with Gasteiger partial charge in [-0.2, -0.15) is 0 Å². The summed E-state index contributed by atoms with van der Waals surface area (Å²) in [7, 11) is 1.90. The van der Waals surface area contributed by atoms with Gasteiger partial charge < -0.3 is 14.7 Å². The molecule has 1 N–H and O–H groups in total. The number of esters is 1. The molecule has 1 amide bonds. The summed E-state index contributed by atoms with van der Waals surface area (Å²) in [4.78, 5) is 25.6. The summed E-state index contributed by atoms with van der Waals surface area (Å²) >= 11 is 0. The van der Waals surface area contributed by atoms with Crippen LogP contribution in [-0.4, -0.2) is 47.2 Å². The Morgan fingerprint density at radius 2 is 2.00 bits per heavy atom. The molecule has 0 bridgehead atoms. The lowest BCUT2D eigenvalue weighted by molar-refractivity contribution is -0.148. The average molecular weight is 377 g/mol. The van der Waals surface area contributed by atoms with E-state index in [0.717, 1.165) is 37.8 Å². The highest BCUT2D eigenvalue weighted by molar-refractivity contribution is 5.80. The molecular formula is C22H34NO4. The molecule has 3 aliphatic rings. The lowest BCUT2D eigenvalue weighted by atomic mass is 9.57. The van der Waals surface area contributed by atoms with E-state index in [0.29, 0.717) is 11.8 Å². The lowest BCUT2D eigenvalue weighted by Gasteiger charge is -2.53. The first-order chi connectivity index (χ1) is 12.6. The summed E-state index contributed by atoms with van der Waals surface area (Å²) < 4.78 is 5.42. The van der Waals surface area contributed by atoms with Crippen LogP contribution in [0.15, 0.2) is 11.6 Å². The first kappa shape index (κ1) is 20.4. The van der Waals surface area contributed by atoms with Gasteiger partial charge in [0.2, 0.25) is 5.91 Å². The first-order valence-electron chi connectivity index (χ1n) is 10.3. The minimum absolute atomic E-state index is 0.00696. The van der Waals surface area contributed by atoms with E-state index in [9.17, 15) is 14.7 Å². The Balaban J connectivity index is 1.77. The molecule has 0 aromatic carbocycles. The topological polar surface area (TPSA) is 66.8 Å². The van der Waals surface area contributed by atoms with Gasteiger partial charge in [0.25, 0.3) is 0 Å². The van der Waals surface area contributed by atoms with Crippen LogP contribution in [0.3, 0.4) is 0 Å². The summed E-state index contributed by atoms with van der Waals surface area (Å²) in [6.07, 6.45) is 7.52. The van der Waals surface area contributed by atoms with Crippen molar-refractivity contribution in [3.05, 3.63) is 18.1 Å². The number of aliphatic hydroxyl groups is 1. The van der Waals surface area contributed by atoms with E-state index in [2.05, 4.69) is 19.9 Å². The molecule has 5 heteroatoms. The van der Waals surface area contributed by atoms with E-state index >= 15 is 0 Å². The second kappa shape index (κ2) is 7.57. The molecule has 1 unspecified atom stereocenters. The second-order valence-corrected chi connectivity index (χ2v) is 9.13. The normalized spacial score (nSPS) is 37.0. The van der Waals surface area contributed by atoms with Crippen molar-refractivity contribution in [2.24, 2.45) is 29.6 Å². The number of rotatable bonds is 5. The van der Waals surface area contributed by atoms with E-state index in [1.165, 1.54) is 6.92 Å². The predicted molar refractivity (Wildman–Crippen MR) is 103 cm³/mol. The third-order valence-electron chi connectivity index (χ3n) is 6.92. The number of nitrogens with zero attached hydrogens (tertiary/aromatic N) is 1. The maximum Gasteiger partial charge on any atom is 0.303 e. The summed E-state index contributed by atoms with van der Waals surface area (Å²) in [5.41, 5.74) is 0.00386. The third-order valence-corrected chi connectivity index (χ3v) is 6.92. The highest BCUT2D eigenvalue weighted by Crippen LogP contribution is 2.50. The fourth-order valence-corrected chi connectivity index (χ4v) is 5.05. The van der Waals surface area contributed by atoms with E-state index in [1.807, 2.05) is 25.3 Å². The van der Waals surface area contributed by atoms with Crippen molar-refractivity contribution in [3.63, 3.8) is 0 Å². The molecule has 0 aromatic heterocycles. The Labute approximate surface area is 163 Å². The third kappa shape index (κ3) is 4.08. The van der Waals surface area contributed by atoms with Gasteiger partial charge in [-0.05, 0) is 55.9 Å². The first-order valence-corrected chi connectivity index (χ1v) is 10.3. The van der Waals surface area contributed by atoms with Gasteiger partial charge in [0.15, 0.2) is 0 Å². The van der Waals surface area contributed by atoms with Gasteiger partial charge >= 0.3 is 5.97 Å². The van der Waals surface area contributed by atoms with Crippen molar-refractivity contribution in [2.75, 3.05) is 13.6 Å². The fraction of sp³-hybridized carbons (Fsp3) is 0.773. The van der Waals surface area contributed by atoms with Crippen LogP contribution in [0.2, 0.25) is 0 Å². The molecule has 3 aliphatic carbocycles. The van der Waals surface area contributed by atoms with Gasteiger partial charge in [0.1, 0.15) is 6.10 Å². The van der Waals surface area contributed by atoms with Gasteiger partial charge in [0, 0.05) is 38.8 Å². The Bertz CT molecular complexity index is 626. The quantitative estimate of drug-likeness (QED) is 0.592. The van der Waals surface area contributed by atoms with Crippen LogP contribution in [0.1, 0.15) is 53.4 Å². The molecule has 2 fully saturated rings. The Hall–Kier alpha value is -1.36. The van der Waals surface area contributed by atoms with Crippen molar-refractivity contribution < 1.29 is 19.4 Å². The molecular weight excluding hydrogens is 342 g/mol. The molecule has 151 valence electrons. The molecule has 0 saturated heterocycles. The summed E-state index contributed by atoms with van der Waals surface area (Å²) in [6.45, 7) is 8.36. The summed E-state index contributed by atoms with van der Waals surface area (Å²) in [6, 6.07) is 0. The van der Waals surface area contributed by atoms with Crippen molar-refractivity contribution >= 4 is 11.9 Å². The predicted octanol–water partition coefficient (Wildman–Crippen LogP) is 2.98. The van der Waals surface area contributed by atoms with Crippen LogP contribution < -0.4 is 0 Å². The average Bonchev–Trinajstić information content (AvgIpc) is 3.41. The fourth-order valence-electron chi connectivity index (χ4n) is 5.05. The van der Waals surface area contributed by atoms with Gasteiger partial charge in [-0.3, -0.25) is 9.59 Å². The van der Waals surface area contributed by atoms with Gasteiger partial charge in [-0.1, -0.05) is 19.9 Å². The monoisotopic (exact) mass is 376 g/mol. The van der Waals surface area contributed by atoms with E-state index in [4.69, 9.17) is 4.74 Å². The van der Waals surface area contributed by atoms with Crippen LogP contribution in [-0.2, 0) is 14.3 Å². The molecule has 5 nitrogen and oxygen atoms in total. The zero-order valence-electron chi connectivity index (χ0n) is 17.3. The Morgan fingerprint density at radius 3 is 2.59 bits per heavy atom.